The third-order valence-corrected chi connectivity index (χ3v) is 3.66. The lowest BCUT2D eigenvalue weighted by molar-refractivity contribution is -0.142. The summed E-state index contributed by atoms with van der Waals surface area (Å²) < 4.78 is 4.59. The van der Waals surface area contributed by atoms with Crippen molar-refractivity contribution in [2.45, 2.75) is 36.7 Å². The molecular formula is C9H16O3S. The minimum absolute atomic E-state index is 0.356. The summed E-state index contributed by atoms with van der Waals surface area (Å²) in [5, 5.41) is 9.52. The Labute approximate surface area is 82.8 Å². The van der Waals surface area contributed by atoms with Crippen LogP contribution in [0.3, 0.4) is 0 Å². The van der Waals surface area contributed by atoms with Crippen LogP contribution < -0.4 is 0 Å². The van der Waals surface area contributed by atoms with Gasteiger partial charge in [0.15, 0.2) is 0 Å². The van der Waals surface area contributed by atoms with Crippen molar-refractivity contribution in [2.24, 2.45) is 0 Å². The molecule has 3 nitrogen and oxygen atoms in total. The van der Waals surface area contributed by atoms with E-state index in [0.717, 1.165) is 0 Å². The second kappa shape index (κ2) is 4.33. The summed E-state index contributed by atoms with van der Waals surface area (Å²) in [6.45, 7) is 5.22. The number of carboxylic acids is 1. The van der Waals surface area contributed by atoms with Gasteiger partial charge in [-0.2, -0.15) is 0 Å². The molecule has 0 radical (unpaired) electrons. The van der Waals surface area contributed by atoms with Gasteiger partial charge in [-0.3, -0.25) is 4.79 Å². The van der Waals surface area contributed by atoms with Gasteiger partial charge in [0.1, 0.15) is 4.75 Å². The molecule has 0 unspecified atom stereocenters. The van der Waals surface area contributed by atoms with Crippen LogP contribution in [0, 0.1) is 0 Å². The molecule has 1 rings (SSSR count). The van der Waals surface area contributed by atoms with E-state index >= 15 is 0 Å². The van der Waals surface area contributed by atoms with Crippen molar-refractivity contribution in [2.75, 3.05) is 13.2 Å². The minimum atomic E-state index is -0.686. The molecule has 1 aliphatic heterocycles. The van der Waals surface area contributed by atoms with Crippen LogP contribution in [0.4, 0.5) is 0 Å². The van der Waals surface area contributed by atoms with E-state index in [1.54, 1.807) is 11.8 Å². The molecule has 1 fully saturated rings. The third kappa shape index (κ3) is 2.61. The highest BCUT2D eigenvalue weighted by atomic mass is 32.2. The average Bonchev–Trinajstić information content (AvgIpc) is 2.04. The number of thioether (sulfide) groups is 1. The van der Waals surface area contributed by atoms with Crippen LogP contribution in [0.5, 0.6) is 0 Å². The predicted molar refractivity (Wildman–Crippen MR) is 53.1 cm³/mol. The van der Waals surface area contributed by atoms with Crippen LogP contribution in [0.25, 0.3) is 0 Å². The highest BCUT2D eigenvalue weighted by Gasteiger charge is 2.41. The highest BCUT2D eigenvalue weighted by Crippen LogP contribution is 2.38. The molecule has 0 aromatic heterocycles. The summed E-state index contributed by atoms with van der Waals surface area (Å²) in [5.74, 6) is -0.686. The fourth-order valence-corrected chi connectivity index (χ4v) is 2.94. The van der Waals surface area contributed by atoms with E-state index in [4.69, 9.17) is 9.84 Å². The molecule has 0 atom stereocenters. The van der Waals surface area contributed by atoms with E-state index in [9.17, 15) is 4.79 Å². The molecule has 0 spiro atoms. The summed E-state index contributed by atoms with van der Waals surface area (Å²) in [6, 6.07) is 0. The van der Waals surface area contributed by atoms with Gasteiger partial charge in [0.25, 0.3) is 0 Å². The van der Waals surface area contributed by atoms with E-state index in [-0.39, 0.29) is 0 Å². The van der Waals surface area contributed by atoms with E-state index in [1.807, 2.05) is 13.8 Å². The van der Waals surface area contributed by atoms with Gasteiger partial charge in [-0.25, -0.2) is 0 Å². The van der Waals surface area contributed by atoms with Gasteiger partial charge in [0.2, 0.25) is 0 Å². The standard InChI is InChI=1S/C9H16O3S/c1-7(2)13-9(8(10)11)3-5-12-6-4-9/h7H,3-6H2,1-2H3,(H,10,11). The van der Waals surface area contributed by atoms with Crippen molar-refractivity contribution in [1.29, 1.82) is 0 Å². The van der Waals surface area contributed by atoms with Crippen molar-refractivity contribution < 1.29 is 14.6 Å². The fourth-order valence-electron chi connectivity index (χ4n) is 1.53. The molecule has 76 valence electrons. The van der Waals surface area contributed by atoms with Gasteiger partial charge in [-0.1, -0.05) is 13.8 Å². The third-order valence-electron chi connectivity index (χ3n) is 2.15. The number of carbonyl (C=O) groups is 1. The van der Waals surface area contributed by atoms with E-state index in [1.165, 1.54) is 0 Å². The quantitative estimate of drug-likeness (QED) is 0.761. The first-order valence-corrected chi connectivity index (χ1v) is 5.44. The molecule has 0 aromatic rings. The number of aliphatic carboxylic acids is 1. The van der Waals surface area contributed by atoms with Crippen LogP contribution in [0.2, 0.25) is 0 Å². The van der Waals surface area contributed by atoms with E-state index in [0.29, 0.717) is 31.3 Å². The van der Waals surface area contributed by atoms with Crippen molar-refractivity contribution in [1.82, 2.24) is 0 Å². The van der Waals surface area contributed by atoms with Crippen molar-refractivity contribution in [3.05, 3.63) is 0 Å². The highest BCUT2D eigenvalue weighted by molar-refractivity contribution is 8.01. The molecule has 0 aromatic carbocycles. The Hall–Kier alpha value is -0.220. The Balaban J connectivity index is 2.67. The van der Waals surface area contributed by atoms with Crippen LogP contribution in [0.15, 0.2) is 0 Å². The normalized spacial score (nSPS) is 21.8. The molecule has 1 saturated heterocycles. The average molecular weight is 204 g/mol. The number of hydrogen-bond donors (Lipinski definition) is 1. The summed E-state index contributed by atoms with van der Waals surface area (Å²) in [4.78, 5) is 11.1. The van der Waals surface area contributed by atoms with Crippen LogP contribution in [-0.4, -0.2) is 34.3 Å². The fraction of sp³-hybridized carbons (Fsp3) is 0.889. The predicted octanol–water partition coefficient (Wildman–Crippen LogP) is 1.76. The zero-order valence-electron chi connectivity index (χ0n) is 8.08. The Morgan fingerprint density at radius 2 is 2.00 bits per heavy atom. The van der Waals surface area contributed by atoms with E-state index in [2.05, 4.69) is 0 Å². The molecule has 4 heteroatoms. The molecule has 1 heterocycles. The first kappa shape index (κ1) is 10.9. The topological polar surface area (TPSA) is 46.5 Å². The summed E-state index contributed by atoms with van der Waals surface area (Å²) >= 11 is 1.55. The van der Waals surface area contributed by atoms with Gasteiger partial charge >= 0.3 is 5.97 Å². The van der Waals surface area contributed by atoms with Gasteiger partial charge in [-0.15, -0.1) is 11.8 Å². The smallest absolute Gasteiger partial charge is 0.319 e. The maximum absolute atomic E-state index is 11.1. The summed E-state index contributed by atoms with van der Waals surface area (Å²) in [6.07, 6.45) is 1.26. The first-order chi connectivity index (χ1) is 6.07. The van der Waals surface area contributed by atoms with Crippen molar-refractivity contribution in [3.63, 3.8) is 0 Å². The van der Waals surface area contributed by atoms with Gasteiger partial charge in [0.05, 0.1) is 0 Å². The number of hydrogen-bond acceptors (Lipinski definition) is 3. The molecule has 0 bridgehead atoms. The molecule has 0 saturated carbocycles. The van der Waals surface area contributed by atoms with Gasteiger partial charge in [0, 0.05) is 18.5 Å². The molecule has 13 heavy (non-hydrogen) atoms. The molecule has 0 amide bonds. The first-order valence-electron chi connectivity index (χ1n) is 4.56. The monoisotopic (exact) mass is 204 g/mol. The second-order valence-corrected chi connectivity index (χ2v) is 5.54. The van der Waals surface area contributed by atoms with Gasteiger partial charge < -0.3 is 9.84 Å². The lowest BCUT2D eigenvalue weighted by atomic mass is 9.99. The second-order valence-electron chi connectivity index (χ2n) is 3.58. The van der Waals surface area contributed by atoms with Gasteiger partial charge in [-0.05, 0) is 12.8 Å². The SMILES string of the molecule is CC(C)SC1(C(=O)O)CCOCC1. The number of ether oxygens (including phenoxy) is 1. The molecule has 1 aliphatic rings. The zero-order chi connectivity index (χ0) is 9.90. The van der Waals surface area contributed by atoms with Crippen molar-refractivity contribution >= 4 is 17.7 Å². The summed E-state index contributed by atoms with van der Waals surface area (Å²) in [5.41, 5.74) is 0. The van der Waals surface area contributed by atoms with Crippen LogP contribution >= 0.6 is 11.8 Å². The largest absolute Gasteiger partial charge is 0.480 e. The zero-order valence-corrected chi connectivity index (χ0v) is 8.89. The van der Waals surface area contributed by atoms with Crippen molar-refractivity contribution in [3.8, 4) is 0 Å². The molecular weight excluding hydrogens is 188 g/mol. The Morgan fingerprint density at radius 1 is 1.46 bits per heavy atom. The minimum Gasteiger partial charge on any atom is -0.480 e. The number of rotatable bonds is 3. The Morgan fingerprint density at radius 3 is 2.38 bits per heavy atom. The maximum atomic E-state index is 11.1. The maximum Gasteiger partial charge on any atom is 0.319 e. The molecule has 1 N–H and O–H groups in total. The molecule has 0 aliphatic carbocycles. The van der Waals surface area contributed by atoms with Crippen LogP contribution in [0.1, 0.15) is 26.7 Å². The Bertz CT molecular complexity index is 185. The lowest BCUT2D eigenvalue weighted by Gasteiger charge is -2.33. The lowest BCUT2D eigenvalue weighted by Crippen LogP contribution is -2.41. The summed E-state index contributed by atoms with van der Waals surface area (Å²) in [7, 11) is 0. The van der Waals surface area contributed by atoms with Crippen LogP contribution in [-0.2, 0) is 9.53 Å². The Kier molecular flexibility index (Phi) is 3.62. The van der Waals surface area contributed by atoms with E-state index < -0.39 is 10.7 Å². The number of carboxylic acid groups (broad SMARTS) is 1.